The lowest BCUT2D eigenvalue weighted by Crippen LogP contribution is -2.39. The minimum atomic E-state index is 0.198. The van der Waals surface area contributed by atoms with Crippen LogP contribution in [-0.4, -0.2) is 43.5 Å². The first-order chi connectivity index (χ1) is 8.71. The van der Waals surface area contributed by atoms with Crippen LogP contribution in [0.4, 0.5) is 0 Å². The number of hydrogen-bond acceptors (Lipinski definition) is 3. The Morgan fingerprint density at radius 1 is 1.33 bits per heavy atom. The highest BCUT2D eigenvalue weighted by Crippen LogP contribution is 2.28. The van der Waals surface area contributed by atoms with Gasteiger partial charge in [-0.3, -0.25) is 4.79 Å². The molecule has 1 amide bonds. The summed E-state index contributed by atoms with van der Waals surface area (Å²) in [5, 5.41) is 3.07. The van der Waals surface area contributed by atoms with Crippen LogP contribution in [0.15, 0.2) is 0 Å². The van der Waals surface area contributed by atoms with Gasteiger partial charge in [0, 0.05) is 19.0 Å². The van der Waals surface area contributed by atoms with Gasteiger partial charge in [-0.05, 0) is 44.8 Å². The molecule has 18 heavy (non-hydrogen) atoms. The summed E-state index contributed by atoms with van der Waals surface area (Å²) in [5.41, 5.74) is 5.70. The van der Waals surface area contributed by atoms with Crippen LogP contribution >= 0.6 is 0 Å². The SMILES string of the molecule is CCN(CC)CCNC(=O)C1CCCC(CN)C1. The lowest BCUT2D eigenvalue weighted by Gasteiger charge is -2.27. The van der Waals surface area contributed by atoms with Crippen LogP contribution in [0.25, 0.3) is 0 Å². The summed E-state index contributed by atoms with van der Waals surface area (Å²) in [6.45, 7) is 8.84. The lowest BCUT2D eigenvalue weighted by molar-refractivity contribution is -0.126. The molecule has 3 N–H and O–H groups in total. The second-order valence-electron chi connectivity index (χ2n) is 5.28. The summed E-state index contributed by atoms with van der Waals surface area (Å²) >= 11 is 0. The van der Waals surface area contributed by atoms with E-state index in [1.54, 1.807) is 0 Å². The maximum Gasteiger partial charge on any atom is 0.223 e. The molecule has 0 radical (unpaired) electrons. The summed E-state index contributed by atoms with van der Waals surface area (Å²) in [4.78, 5) is 14.4. The van der Waals surface area contributed by atoms with Crippen molar-refractivity contribution < 1.29 is 4.79 Å². The summed E-state index contributed by atoms with van der Waals surface area (Å²) in [6, 6.07) is 0. The van der Waals surface area contributed by atoms with Gasteiger partial charge in [-0.1, -0.05) is 20.3 Å². The fourth-order valence-electron chi connectivity index (χ4n) is 2.76. The molecule has 106 valence electrons. The molecule has 0 spiro atoms. The average Bonchev–Trinajstić information content (AvgIpc) is 2.43. The van der Waals surface area contributed by atoms with Crippen LogP contribution in [0.2, 0.25) is 0 Å². The zero-order chi connectivity index (χ0) is 13.4. The molecule has 1 fully saturated rings. The van der Waals surface area contributed by atoms with Crippen LogP contribution in [-0.2, 0) is 4.79 Å². The third kappa shape index (κ3) is 4.94. The molecule has 0 heterocycles. The van der Waals surface area contributed by atoms with Crippen molar-refractivity contribution in [2.24, 2.45) is 17.6 Å². The highest BCUT2D eigenvalue weighted by molar-refractivity contribution is 5.78. The topological polar surface area (TPSA) is 58.4 Å². The number of carbonyl (C=O) groups is 1. The Morgan fingerprint density at radius 3 is 2.67 bits per heavy atom. The van der Waals surface area contributed by atoms with Crippen molar-refractivity contribution in [1.29, 1.82) is 0 Å². The van der Waals surface area contributed by atoms with Crippen molar-refractivity contribution in [2.45, 2.75) is 39.5 Å². The van der Waals surface area contributed by atoms with Gasteiger partial charge in [-0.2, -0.15) is 0 Å². The van der Waals surface area contributed by atoms with E-state index in [1.165, 1.54) is 6.42 Å². The van der Waals surface area contributed by atoms with Gasteiger partial charge in [0.15, 0.2) is 0 Å². The Bertz CT molecular complexity index is 241. The predicted molar refractivity (Wildman–Crippen MR) is 75.3 cm³/mol. The minimum absolute atomic E-state index is 0.198. The van der Waals surface area contributed by atoms with Crippen LogP contribution in [0.1, 0.15) is 39.5 Å². The molecule has 1 rings (SSSR count). The minimum Gasteiger partial charge on any atom is -0.355 e. The van der Waals surface area contributed by atoms with Gasteiger partial charge < -0.3 is 16.0 Å². The molecule has 4 nitrogen and oxygen atoms in total. The number of nitrogens with zero attached hydrogens (tertiary/aromatic N) is 1. The Morgan fingerprint density at radius 2 is 2.06 bits per heavy atom. The van der Waals surface area contributed by atoms with E-state index in [-0.39, 0.29) is 11.8 Å². The number of hydrogen-bond donors (Lipinski definition) is 2. The van der Waals surface area contributed by atoms with E-state index >= 15 is 0 Å². The second-order valence-corrected chi connectivity index (χ2v) is 5.28. The Kier molecular flexibility index (Phi) is 7.28. The van der Waals surface area contributed by atoms with Crippen LogP contribution in [0, 0.1) is 11.8 Å². The molecule has 0 aliphatic heterocycles. The molecule has 1 aliphatic rings. The fraction of sp³-hybridized carbons (Fsp3) is 0.929. The molecule has 0 bridgehead atoms. The molecule has 2 atom stereocenters. The van der Waals surface area contributed by atoms with Gasteiger partial charge >= 0.3 is 0 Å². The van der Waals surface area contributed by atoms with Crippen molar-refractivity contribution in [3.05, 3.63) is 0 Å². The van der Waals surface area contributed by atoms with Crippen molar-refractivity contribution in [3.63, 3.8) is 0 Å². The molecule has 1 aliphatic carbocycles. The Labute approximate surface area is 111 Å². The molecular weight excluding hydrogens is 226 g/mol. The largest absolute Gasteiger partial charge is 0.355 e. The smallest absolute Gasteiger partial charge is 0.223 e. The zero-order valence-electron chi connectivity index (χ0n) is 12.0. The van der Waals surface area contributed by atoms with E-state index in [0.29, 0.717) is 5.92 Å². The number of carbonyl (C=O) groups excluding carboxylic acids is 1. The maximum absolute atomic E-state index is 12.0. The summed E-state index contributed by atoms with van der Waals surface area (Å²) < 4.78 is 0. The molecule has 2 unspecified atom stereocenters. The van der Waals surface area contributed by atoms with E-state index in [4.69, 9.17) is 5.73 Å². The number of nitrogens with one attached hydrogen (secondary N) is 1. The highest BCUT2D eigenvalue weighted by atomic mass is 16.1. The fourth-order valence-corrected chi connectivity index (χ4v) is 2.76. The first-order valence-corrected chi connectivity index (χ1v) is 7.41. The molecule has 0 aromatic rings. The van der Waals surface area contributed by atoms with E-state index in [9.17, 15) is 4.79 Å². The average molecular weight is 255 g/mol. The summed E-state index contributed by atoms with van der Waals surface area (Å²) in [6.07, 6.45) is 4.36. The van der Waals surface area contributed by atoms with Crippen molar-refractivity contribution in [3.8, 4) is 0 Å². The third-order valence-electron chi connectivity index (χ3n) is 4.11. The molecule has 4 heteroatoms. The maximum atomic E-state index is 12.0. The van der Waals surface area contributed by atoms with Crippen molar-refractivity contribution >= 4 is 5.91 Å². The number of likely N-dealkylation sites (N-methyl/N-ethyl adjacent to an activating group) is 1. The van der Waals surface area contributed by atoms with Gasteiger partial charge in [0.05, 0.1) is 0 Å². The number of nitrogens with two attached hydrogens (primary N) is 1. The van der Waals surface area contributed by atoms with Crippen molar-refractivity contribution in [2.75, 3.05) is 32.7 Å². The van der Waals surface area contributed by atoms with Crippen molar-refractivity contribution in [1.82, 2.24) is 10.2 Å². The standard InChI is InChI=1S/C14H29N3O/c1-3-17(4-2)9-8-16-14(18)13-7-5-6-12(10-13)11-15/h12-13H,3-11,15H2,1-2H3,(H,16,18). The Balaban J connectivity index is 2.23. The lowest BCUT2D eigenvalue weighted by atomic mass is 9.81. The monoisotopic (exact) mass is 255 g/mol. The molecule has 0 aromatic heterocycles. The van der Waals surface area contributed by atoms with Gasteiger partial charge in [0.1, 0.15) is 0 Å². The number of amides is 1. The highest BCUT2D eigenvalue weighted by Gasteiger charge is 2.26. The normalized spacial score (nSPS) is 24.2. The Hall–Kier alpha value is -0.610. The predicted octanol–water partition coefficient (Wildman–Crippen LogP) is 1.21. The second kappa shape index (κ2) is 8.48. The van der Waals surface area contributed by atoms with Crippen LogP contribution in [0.5, 0.6) is 0 Å². The van der Waals surface area contributed by atoms with Crippen LogP contribution < -0.4 is 11.1 Å². The molecule has 0 aromatic carbocycles. The van der Waals surface area contributed by atoms with Gasteiger partial charge in [-0.15, -0.1) is 0 Å². The number of rotatable bonds is 7. The third-order valence-corrected chi connectivity index (χ3v) is 4.11. The van der Waals surface area contributed by atoms with E-state index in [1.807, 2.05) is 0 Å². The first kappa shape index (κ1) is 15.4. The van der Waals surface area contributed by atoms with Gasteiger partial charge in [0.25, 0.3) is 0 Å². The quantitative estimate of drug-likeness (QED) is 0.719. The molecule has 0 saturated heterocycles. The van der Waals surface area contributed by atoms with Gasteiger partial charge in [0.2, 0.25) is 5.91 Å². The van der Waals surface area contributed by atoms with Crippen LogP contribution in [0.3, 0.4) is 0 Å². The van der Waals surface area contributed by atoms with E-state index in [0.717, 1.165) is 52.0 Å². The van der Waals surface area contributed by atoms with Gasteiger partial charge in [-0.25, -0.2) is 0 Å². The summed E-state index contributed by atoms with van der Waals surface area (Å²) in [7, 11) is 0. The first-order valence-electron chi connectivity index (χ1n) is 7.41. The molecule has 1 saturated carbocycles. The summed E-state index contributed by atoms with van der Waals surface area (Å²) in [5.74, 6) is 0.988. The zero-order valence-corrected chi connectivity index (χ0v) is 12.0. The molecular formula is C14H29N3O. The van der Waals surface area contributed by atoms with E-state index in [2.05, 4.69) is 24.1 Å². The van der Waals surface area contributed by atoms with E-state index < -0.39 is 0 Å².